The molecule has 154 valence electrons. The summed E-state index contributed by atoms with van der Waals surface area (Å²) in [5.74, 6) is 0.286. The fourth-order valence-corrected chi connectivity index (χ4v) is 3.49. The van der Waals surface area contributed by atoms with E-state index in [4.69, 9.17) is 16.3 Å². The molecule has 1 fully saturated rings. The SMILES string of the molecule is CCN1CCN(c2cc(NC(=O)c3ccc(OC)cc3)c(Cl)cc2[N+](=O)[O-])CC1. The molecular weight excluding hydrogens is 396 g/mol. The number of nitrogens with one attached hydrogen (secondary N) is 1. The number of halogens is 1. The fraction of sp³-hybridized carbons (Fsp3) is 0.350. The Morgan fingerprint density at radius 1 is 1.21 bits per heavy atom. The van der Waals surface area contributed by atoms with E-state index >= 15 is 0 Å². The van der Waals surface area contributed by atoms with Crippen molar-refractivity contribution in [2.75, 3.05) is 50.1 Å². The minimum Gasteiger partial charge on any atom is -0.497 e. The molecule has 1 aliphatic heterocycles. The van der Waals surface area contributed by atoms with Crippen molar-refractivity contribution in [3.05, 3.63) is 57.1 Å². The Balaban J connectivity index is 1.86. The van der Waals surface area contributed by atoms with Gasteiger partial charge in [0.25, 0.3) is 11.6 Å². The minimum absolute atomic E-state index is 0.0672. The van der Waals surface area contributed by atoms with E-state index in [2.05, 4.69) is 17.1 Å². The maximum atomic E-state index is 12.6. The van der Waals surface area contributed by atoms with Crippen LogP contribution in [0.5, 0.6) is 5.75 Å². The molecule has 0 aromatic heterocycles. The first-order valence-electron chi connectivity index (χ1n) is 9.33. The molecule has 0 aliphatic carbocycles. The van der Waals surface area contributed by atoms with Gasteiger partial charge in [0, 0.05) is 37.8 Å². The third-order valence-electron chi connectivity index (χ3n) is 5.02. The lowest BCUT2D eigenvalue weighted by molar-refractivity contribution is -0.384. The maximum Gasteiger partial charge on any atom is 0.294 e. The van der Waals surface area contributed by atoms with E-state index in [0.717, 1.165) is 19.6 Å². The average molecular weight is 419 g/mol. The van der Waals surface area contributed by atoms with Gasteiger partial charge in [-0.05, 0) is 36.9 Å². The number of carbonyl (C=O) groups excluding carboxylic acids is 1. The average Bonchev–Trinajstić information content (AvgIpc) is 2.74. The molecule has 29 heavy (non-hydrogen) atoms. The Kier molecular flexibility index (Phi) is 6.56. The van der Waals surface area contributed by atoms with Gasteiger partial charge >= 0.3 is 0 Å². The minimum atomic E-state index is -0.442. The Labute approximate surface area is 174 Å². The standard InChI is InChI=1S/C20H23ClN4O4/c1-3-23-8-10-24(11-9-23)18-13-17(16(21)12-19(18)25(27)28)22-20(26)14-4-6-15(29-2)7-5-14/h4-7,12-13H,3,8-11H2,1-2H3,(H,22,26). The van der Waals surface area contributed by atoms with Crippen molar-refractivity contribution < 1.29 is 14.5 Å². The van der Waals surface area contributed by atoms with Crippen molar-refractivity contribution >= 4 is 34.6 Å². The monoisotopic (exact) mass is 418 g/mol. The van der Waals surface area contributed by atoms with E-state index in [0.29, 0.717) is 35.8 Å². The zero-order valence-electron chi connectivity index (χ0n) is 16.4. The van der Waals surface area contributed by atoms with Crippen molar-refractivity contribution in [3.8, 4) is 5.75 Å². The zero-order valence-corrected chi connectivity index (χ0v) is 17.1. The Bertz CT molecular complexity index is 896. The van der Waals surface area contributed by atoms with E-state index in [1.165, 1.54) is 6.07 Å². The highest BCUT2D eigenvalue weighted by atomic mass is 35.5. The van der Waals surface area contributed by atoms with E-state index in [1.807, 2.05) is 4.90 Å². The van der Waals surface area contributed by atoms with Gasteiger partial charge in [-0.1, -0.05) is 18.5 Å². The third kappa shape index (κ3) is 4.78. The molecule has 2 aromatic carbocycles. The smallest absolute Gasteiger partial charge is 0.294 e. The van der Waals surface area contributed by atoms with Crippen molar-refractivity contribution in [2.24, 2.45) is 0 Å². The topological polar surface area (TPSA) is 88.0 Å². The number of carbonyl (C=O) groups is 1. The van der Waals surface area contributed by atoms with Gasteiger partial charge in [-0.2, -0.15) is 0 Å². The quantitative estimate of drug-likeness (QED) is 0.569. The molecule has 9 heteroatoms. The van der Waals surface area contributed by atoms with E-state index in [9.17, 15) is 14.9 Å². The predicted octanol–water partition coefficient (Wildman–Crippen LogP) is 3.65. The van der Waals surface area contributed by atoms with Gasteiger partial charge in [-0.15, -0.1) is 0 Å². The number of amides is 1. The lowest BCUT2D eigenvalue weighted by atomic mass is 10.1. The van der Waals surface area contributed by atoms with Crippen LogP contribution in [-0.4, -0.2) is 55.6 Å². The number of nitro groups is 1. The third-order valence-corrected chi connectivity index (χ3v) is 5.33. The number of nitrogens with zero attached hydrogens (tertiary/aromatic N) is 3. The highest BCUT2D eigenvalue weighted by Crippen LogP contribution is 2.37. The van der Waals surface area contributed by atoms with Crippen LogP contribution in [0.2, 0.25) is 5.02 Å². The summed E-state index contributed by atoms with van der Waals surface area (Å²) >= 11 is 6.24. The molecule has 0 spiro atoms. The van der Waals surface area contributed by atoms with Crippen molar-refractivity contribution in [3.63, 3.8) is 0 Å². The number of ether oxygens (including phenoxy) is 1. The molecule has 0 radical (unpaired) electrons. The number of likely N-dealkylation sites (N-methyl/N-ethyl adjacent to an activating group) is 1. The summed E-state index contributed by atoms with van der Waals surface area (Å²) in [6, 6.07) is 9.53. The lowest BCUT2D eigenvalue weighted by Crippen LogP contribution is -2.46. The molecule has 0 saturated carbocycles. The molecule has 0 unspecified atom stereocenters. The first kappa shape index (κ1) is 20.9. The number of methoxy groups -OCH3 is 1. The van der Waals surface area contributed by atoms with Crippen LogP contribution in [0.15, 0.2) is 36.4 Å². The number of piperazine rings is 1. The zero-order chi connectivity index (χ0) is 21.0. The summed E-state index contributed by atoms with van der Waals surface area (Å²) in [7, 11) is 1.55. The van der Waals surface area contributed by atoms with Crippen LogP contribution in [0.1, 0.15) is 17.3 Å². The summed E-state index contributed by atoms with van der Waals surface area (Å²) in [5.41, 5.74) is 1.16. The number of hydrogen-bond acceptors (Lipinski definition) is 6. The molecule has 0 atom stereocenters. The van der Waals surface area contributed by atoms with Gasteiger partial charge in [0.15, 0.2) is 0 Å². The number of hydrogen-bond donors (Lipinski definition) is 1. The van der Waals surface area contributed by atoms with Crippen LogP contribution in [-0.2, 0) is 0 Å². The van der Waals surface area contributed by atoms with E-state index in [1.54, 1.807) is 37.4 Å². The second-order valence-corrected chi connectivity index (χ2v) is 7.09. The van der Waals surface area contributed by atoms with Crippen LogP contribution in [0, 0.1) is 10.1 Å². The largest absolute Gasteiger partial charge is 0.497 e. The molecule has 3 rings (SSSR count). The van der Waals surface area contributed by atoms with Gasteiger partial charge in [-0.25, -0.2) is 0 Å². The van der Waals surface area contributed by atoms with E-state index in [-0.39, 0.29) is 16.6 Å². The first-order valence-corrected chi connectivity index (χ1v) is 9.71. The van der Waals surface area contributed by atoms with Crippen LogP contribution in [0.4, 0.5) is 17.1 Å². The van der Waals surface area contributed by atoms with Crippen LogP contribution < -0.4 is 15.0 Å². The second kappa shape index (κ2) is 9.11. The summed E-state index contributed by atoms with van der Waals surface area (Å²) in [5, 5.41) is 14.4. The molecule has 0 bridgehead atoms. The Hall–Kier alpha value is -2.84. The van der Waals surface area contributed by atoms with Crippen molar-refractivity contribution in [2.45, 2.75) is 6.92 Å². The fourth-order valence-electron chi connectivity index (χ4n) is 3.29. The molecular formula is C20H23ClN4O4. The highest BCUT2D eigenvalue weighted by molar-refractivity contribution is 6.34. The number of nitro benzene ring substituents is 1. The first-order chi connectivity index (χ1) is 13.9. The predicted molar refractivity (Wildman–Crippen MR) is 113 cm³/mol. The van der Waals surface area contributed by atoms with Crippen LogP contribution in [0.25, 0.3) is 0 Å². The summed E-state index contributed by atoms with van der Waals surface area (Å²) in [6.07, 6.45) is 0. The highest BCUT2D eigenvalue weighted by Gasteiger charge is 2.25. The normalized spacial score (nSPS) is 14.5. The molecule has 2 aromatic rings. The van der Waals surface area contributed by atoms with Crippen LogP contribution >= 0.6 is 11.6 Å². The van der Waals surface area contributed by atoms with Gasteiger partial charge in [0.2, 0.25) is 0 Å². The number of rotatable bonds is 6. The second-order valence-electron chi connectivity index (χ2n) is 6.68. The Morgan fingerprint density at radius 2 is 1.86 bits per heavy atom. The Morgan fingerprint density at radius 3 is 2.41 bits per heavy atom. The molecule has 1 aliphatic rings. The van der Waals surface area contributed by atoms with Crippen molar-refractivity contribution in [1.82, 2.24) is 4.90 Å². The molecule has 1 saturated heterocycles. The molecule has 8 nitrogen and oxygen atoms in total. The van der Waals surface area contributed by atoms with Gasteiger partial charge in [-0.3, -0.25) is 14.9 Å². The lowest BCUT2D eigenvalue weighted by Gasteiger charge is -2.35. The summed E-state index contributed by atoms with van der Waals surface area (Å²) in [4.78, 5) is 28.0. The van der Waals surface area contributed by atoms with Gasteiger partial charge < -0.3 is 19.9 Å². The molecule has 1 heterocycles. The number of anilines is 2. The maximum absolute atomic E-state index is 12.6. The van der Waals surface area contributed by atoms with Gasteiger partial charge in [0.1, 0.15) is 11.4 Å². The molecule has 1 N–H and O–H groups in total. The van der Waals surface area contributed by atoms with Crippen molar-refractivity contribution in [1.29, 1.82) is 0 Å². The summed E-state index contributed by atoms with van der Waals surface area (Å²) < 4.78 is 5.09. The summed E-state index contributed by atoms with van der Waals surface area (Å²) in [6.45, 7) is 6.02. The van der Waals surface area contributed by atoms with E-state index < -0.39 is 4.92 Å². The van der Waals surface area contributed by atoms with Crippen LogP contribution in [0.3, 0.4) is 0 Å². The number of benzene rings is 2. The molecule has 1 amide bonds. The van der Waals surface area contributed by atoms with Gasteiger partial charge in [0.05, 0.1) is 22.7 Å².